The van der Waals surface area contributed by atoms with E-state index in [1.807, 2.05) is 5.32 Å². The van der Waals surface area contributed by atoms with Gasteiger partial charge >= 0.3 is 100 Å². The number of nitrogens with zero attached hydrogens (tertiary/aromatic N) is 1. The predicted molar refractivity (Wildman–Crippen MR) is 151 cm³/mol. The van der Waals surface area contributed by atoms with Crippen LogP contribution in [0.5, 0.6) is 0 Å². The number of rotatable bonds is 7. The first kappa shape index (κ1) is 52.7. The smallest absolute Gasteiger partial charge is 1.00 e. The summed E-state index contributed by atoms with van der Waals surface area (Å²) in [6, 6.07) is 0. The Balaban J connectivity index is -0.000000248. The summed E-state index contributed by atoms with van der Waals surface area (Å²) in [6.45, 7) is 15.5. The Morgan fingerprint density at radius 1 is 0.830 bits per heavy atom. The van der Waals surface area contributed by atoms with Crippen LogP contribution in [-0.2, 0) is 28.5 Å². The van der Waals surface area contributed by atoms with Crippen LogP contribution >= 0.6 is 0 Å². The zero-order valence-corrected chi connectivity index (χ0v) is 31.6. The van der Waals surface area contributed by atoms with Crippen molar-refractivity contribution in [2.24, 2.45) is 11.8 Å². The van der Waals surface area contributed by atoms with E-state index in [-0.39, 0.29) is 97.6 Å². The molecule has 2 aliphatic rings. The summed E-state index contributed by atoms with van der Waals surface area (Å²) in [7, 11) is 0. The molecule has 0 aliphatic heterocycles. The first-order chi connectivity index (χ1) is 19.2. The van der Waals surface area contributed by atoms with E-state index >= 15 is 0 Å². The third-order valence-electron chi connectivity index (χ3n) is 5.89. The Labute approximate surface area is 329 Å². The number of nitrogens with one attached hydrogen (secondary N) is 1. The van der Waals surface area contributed by atoms with Crippen molar-refractivity contribution in [1.82, 2.24) is 10.2 Å². The third kappa shape index (κ3) is 15.1. The number of carbonyl (C=O) groups excluding carboxylic acids is 4. The van der Waals surface area contributed by atoms with Crippen LogP contribution in [0.1, 0.15) is 90.9 Å². The van der Waals surface area contributed by atoms with E-state index in [1.165, 1.54) is 6.92 Å². The van der Waals surface area contributed by atoms with Gasteiger partial charge in [-0.25, -0.2) is 41.5 Å². The maximum atomic E-state index is 13.3. The molecule has 13 nitrogen and oxygen atoms in total. The first-order valence-electron chi connectivity index (χ1n) is 13.5. The number of ether oxygens (including phenoxy) is 4. The van der Waals surface area contributed by atoms with Crippen LogP contribution in [-0.4, -0.2) is 93.0 Å². The topological polar surface area (TPSA) is 188 Å². The number of imide groups is 1. The molecule has 0 saturated heterocycles. The summed E-state index contributed by atoms with van der Waals surface area (Å²) in [5.41, 5.74) is -6.84. The minimum Gasteiger partial charge on any atom is -1.00 e. The predicted octanol–water partition coefficient (Wildman–Crippen LogP) is -0.0552. The molecule has 4 atom stereocenters. The van der Waals surface area contributed by atoms with Crippen LogP contribution in [0.15, 0.2) is 0 Å². The van der Waals surface area contributed by atoms with E-state index in [4.69, 9.17) is 24.1 Å². The van der Waals surface area contributed by atoms with Crippen molar-refractivity contribution in [3.63, 3.8) is 0 Å². The number of amides is 3. The van der Waals surface area contributed by atoms with Gasteiger partial charge in [-0.1, -0.05) is 7.43 Å². The number of carbonyl (C=O) groups is 5. The van der Waals surface area contributed by atoms with Crippen molar-refractivity contribution in [3.05, 3.63) is 0 Å². The first-order valence-corrected chi connectivity index (χ1v) is 13.5. The fourth-order valence-electron chi connectivity index (χ4n) is 3.95. The number of alkyl halides is 4. The number of aliphatic carboxylic acids is 1. The van der Waals surface area contributed by atoms with Crippen molar-refractivity contribution in [3.8, 4) is 0 Å². The SMILES string of the molecule is C.CC(C)(C)OC(=O)N[C@]1(C(=O)O)C[C@H]1C(F)F.CCOC(=O)[C@@]1(N(C(=O)OC(C)(C)C)C(=O)OC(C)(C)C)C[C@H]1C(F)F.[H-].[K+].[Li+].[OH-]. The molecule has 0 bridgehead atoms. The molecule has 2 rings (SSSR count). The Hall–Kier alpha value is -1.14. The molecule has 3 N–H and O–H groups in total. The quantitative estimate of drug-likeness (QED) is 0.156. The van der Waals surface area contributed by atoms with Crippen molar-refractivity contribution >= 4 is 30.2 Å². The molecular formula is C28H48F4KLiN2O11. The largest absolute Gasteiger partial charge is 1.00 e. The number of halogens is 4. The standard InChI is InChI=1S/C17H27F2NO6.C10H15F2NO4.CH4.K.Li.H2O.H/c1-8-24-12(21)17(9-10(17)11(18)19)20(13(22)25-15(2,3)4)14(23)26-16(5,6)7;1-9(2,3)17-8(16)13-10(7(14)15)4-5(10)6(11)12;;;;;/h10-11H,8-9H2,1-7H3;5-6H,4H2,1-3H3,(H,13,16)(H,14,15);1H4;;;1H2;/q;;;2*+1;;-1/p-1/t10-,17+;5-,10+;;;;;/m00...../s1. The maximum Gasteiger partial charge on any atom is 1.00 e. The number of alkyl carbamates (subject to hydrolysis) is 1. The van der Waals surface area contributed by atoms with Crippen molar-refractivity contribution in [2.75, 3.05) is 6.61 Å². The minimum absolute atomic E-state index is 0. The fraction of sp³-hybridized carbons (Fsp3) is 0.821. The molecule has 0 aromatic rings. The van der Waals surface area contributed by atoms with Gasteiger partial charge in [0.15, 0.2) is 5.54 Å². The Morgan fingerprint density at radius 3 is 1.47 bits per heavy atom. The number of esters is 1. The van der Waals surface area contributed by atoms with Gasteiger partial charge in [0.1, 0.15) is 22.3 Å². The van der Waals surface area contributed by atoms with Gasteiger partial charge in [-0.2, -0.15) is 4.90 Å². The fourth-order valence-corrected chi connectivity index (χ4v) is 3.95. The van der Waals surface area contributed by atoms with Crippen LogP contribution in [0.25, 0.3) is 0 Å². The molecule has 0 aromatic heterocycles. The summed E-state index contributed by atoms with van der Waals surface area (Å²) in [6.07, 6.45) is -9.86. The van der Waals surface area contributed by atoms with E-state index in [2.05, 4.69) is 0 Å². The van der Waals surface area contributed by atoms with Crippen LogP contribution in [0.4, 0.5) is 31.9 Å². The van der Waals surface area contributed by atoms with Gasteiger partial charge < -0.3 is 36.3 Å². The van der Waals surface area contributed by atoms with Crippen LogP contribution in [0.3, 0.4) is 0 Å². The maximum absolute atomic E-state index is 13.3. The molecule has 3 amide bonds. The van der Waals surface area contributed by atoms with Crippen molar-refractivity contribution < 1.29 is 143 Å². The Morgan fingerprint density at radius 2 is 1.21 bits per heavy atom. The molecule has 0 aromatic carbocycles. The second-order valence-corrected chi connectivity index (χ2v) is 13.1. The van der Waals surface area contributed by atoms with Gasteiger partial charge in [-0.3, -0.25) is 0 Å². The third-order valence-corrected chi connectivity index (χ3v) is 5.89. The van der Waals surface area contributed by atoms with E-state index in [0.717, 1.165) is 0 Å². The van der Waals surface area contributed by atoms with Crippen LogP contribution < -0.4 is 75.6 Å². The molecule has 0 unspecified atom stereocenters. The summed E-state index contributed by atoms with van der Waals surface area (Å²) < 4.78 is 71.5. The van der Waals surface area contributed by atoms with E-state index in [0.29, 0.717) is 4.90 Å². The van der Waals surface area contributed by atoms with E-state index in [1.54, 1.807) is 62.3 Å². The number of carboxylic acid groups (broad SMARTS) is 1. The van der Waals surface area contributed by atoms with Gasteiger partial charge in [-0.05, 0) is 82.1 Å². The summed E-state index contributed by atoms with van der Waals surface area (Å²) >= 11 is 0. The number of carboxylic acids is 1. The summed E-state index contributed by atoms with van der Waals surface area (Å²) in [5.74, 6) is -5.44. The van der Waals surface area contributed by atoms with Crippen LogP contribution in [0, 0.1) is 11.8 Å². The van der Waals surface area contributed by atoms with Gasteiger partial charge in [0.05, 0.1) is 18.4 Å². The van der Waals surface area contributed by atoms with E-state index < -0.39 is 89.2 Å². The molecule has 266 valence electrons. The monoisotopic (exact) mass is 710 g/mol. The second-order valence-electron chi connectivity index (χ2n) is 13.1. The van der Waals surface area contributed by atoms with Crippen LogP contribution in [0.2, 0.25) is 0 Å². The average molecular weight is 711 g/mol. The molecule has 0 spiro atoms. The van der Waals surface area contributed by atoms with Gasteiger partial charge in [-0.15, -0.1) is 0 Å². The van der Waals surface area contributed by atoms with E-state index in [9.17, 15) is 41.5 Å². The number of hydrogen-bond donors (Lipinski definition) is 2. The van der Waals surface area contributed by atoms with Gasteiger partial charge in [0, 0.05) is 0 Å². The van der Waals surface area contributed by atoms with Crippen molar-refractivity contribution in [1.29, 1.82) is 0 Å². The van der Waals surface area contributed by atoms with Crippen molar-refractivity contribution in [2.45, 2.75) is 130 Å². The molecule has 19 heteroatoms. The molecule has 0 heterocycles. The van der Waals surface area contributed by atoms with Gasteiger partial charge in [0.25, 0.3) is 0 Å². The molecular weight excluding hydrogens is 662 g/mol. The number of hydrogen-bond acceptors (Lipinski definition) is 10. The Bertz CT molecular complexity index is 1060. The zero-order chi connectivity index (χ0) is 33.9. The van der Waals surface area contributed by atoms with Gasteiger partial charge in [0.2, 0.25) is 12.9 Å². The molecule has 0 radical (unpaired) electrons. The Kier molecular flexibility index (Phi) is 21.6. The normalized spacial score (nSPS) is 22.6. The molecule has 47 heavy (non-hydrogen) atoms. The summed E-state index contributed by atoms with van der Waals surface area (Å²) in [4.78, 5) is 60.2. The second kappa shape index (κ2) is 19.3. The minimum atomic E-state index is -2.92. The molecule has 2 fully saturated rings. The molecule has 2 saturated carbocycles. The zero-order valence-electron chi connectivity index (χ0n) is 29.5. The average Bonchev–Trinajstić information content (AvgIpc) is 3.65. The summed E-state index contributed by atoms with van der Waals surface area (Å²) in [5, 5.41) is 10.9. The molecule has 2 aliphatic carbocycles.